The Morgan fingerprint density at radius 1 is 1.20 bits per heavy atom. The number of aryl methyl sites for hydroxylation is 2. The van der Waals surface area contributed by atoms with E-state index in [1.54, 1.807) is 6.07 Å². The van der Waals surface area contributed by atoms with Gasteiger partial charge in [0.05, 0.1) is 0 Å². The summed E-state index contributed by atoms with van der Waals surface area (Å²) in [5.74, 6) is 0.400. The van der Waals surface area contributed by atoms with Crippen LogP contribution in [0.1, 0.15) is 43.4 Å². The van der Waals surface area contributed by atoms with Gasteiger partial charge < -0.3 is 5.11 Å². The number of hydrogen-bond donors (Lipinski definition) is 1. The van der Waals surface area contributed by atoms with Crippen LogP contribution < -0.4 is 0 Å². The van der Waals surface area contributed by atoms with Gasteiger partial charge in [0.1, 0.15) is 5.75 Å². The molecule has 0 unspecified atom stereocenters. The highest BCUT2D eigenvalue weighted by atomic mass is 16.3. The van der Waals surface area contributed by atoms with E-state index in [1.807, 2.05) is 26.8 Å². The second-order valence-electron chi connectivity index (χ2n) is 5.41. The highest BCUT2D eigenvalue weighted by Gasteiger charge is 1.98. The van der Waals surface area contributed by atoms with Crippen molar-refractivity contribution in [3.63, 3.8) is 0 Å². The van der Waals surface area contributed by atoms with Crippen molar-refractivity contribution in [2.24, 2.45) is 0 Å². The maximum Gasteiger partial charge on any atom is 0.119 e. The Morgan fingerprint density at radius 3 is 2.25 bits per heavy atom. The lowest BCUT2D eigenvalue weighted by molar-refractivity contribution is 0.470. The van der Waals surface area contributed by atoms with Crippen molar-refractivity contribution in [1.82, 2.24) is 0 Å². The lowest BCUT2D eigenvalue weighted by Crippen LogP contribution is -1.82. The predicted molar refractivity (Wildman–Crippen MR) is 90.3 cm³/mol. The molecule has 1 heteroatoms. The average Bonchev–Trinajstić information content (AvgIpc) is 2.36. The molecule has 0 aliphatic rings. The Labute approximate surface area is 124 Å². The van der Waals surface area contributed by atoms with Gasteiger partial charge in [0.25, 0.3) is 0 Å². The van der Waals surface area contributed by atoms with Gasteiger partial charge in [-0.2, -0.15) is 0 Å². The van der Waals surface area contributed by atoms with Gasteiger partial charge >= 0.3 is 0 Å². The van der Waals surface area contributed by atoms with Gasteiger partial charge in [-0.1, -0.05) is 42.5 Å². The normalized spacial score (nSPS) is 9.25. The van der Waals surface area contributed by atoms with E-state index in [9.17, 15) is 5.11 Å². The number of aromatic hydroxyl groups is 1. The molecule has 0 saturated carbocycles. The minimum atomic E-state index is 0.400. The number of hydrogen-bond acceptors (Lipinski definition) is 1. The molecule has 1 N–H and O–H groups in total. The monoisotopic (exact) mass is 272 g/mol. The van der Waals surface area contributed by atoms with E-state index < -0.39 is 0 Å². The molecule has 0 radical (unpaired) electrons. The van der Waals surface area contributed by atoms with Crippen molar-refractivity contribution in [3.05, 3.63) is 65.3 Å². The number of allylic oxidation sites excluding steroid dienone is 4. The largest absolute Gasteiger partial charge is 0.508 e. The van der Waals surface area contributed by atoms with Gasteiger partial charge in [-0.15, -0.1) is 0 Å². The summed E-state index contributed by atoms with van der Waals surface area (Å²) >= 11 is 0. The van der Waals surface area contributed by atoms with E-state index in [0.29, 0.717) is 5.75 Å². The van der Waals surface area contributed by atoms with Crippen LogP contribution in [-0.4, -0.2) is 5.11 Å². The molecule has 20 heavy (non-hydrogen) atoms. The highest BCUT2D eigenvalue weighted by Crippen LogP contribution is 2.20. The molecule has 0 heterocycles. The maximum atomic E-state index is 9.28. The van der Waals surface area contributed by atoms with E-state index in [1.165, 1.54) is 5.57 Å². The van der Waals surface area contributed by atoms with E-state index in [-0.39, 0.29) is 0 Å². The SMILES string of the molecule is C=CC(=C)CCC=C(C)C.Cc1cc(C)c(C)c(O)c1. The van der Waals surface area contributed by atoms with Crippen LogP contribution in [0.2, 0.25) is 0 Å². The van der Waals surface area contributed by atoms with Crippen molar-refractivity contribution in [2.75, 3.05) is 0 Å². The van der Waals surface area contributed by atoms with Gasteiger partial charge in [0, 0.05) is 0 Å². The fraction of sp³-hybridized carbons (Fsp3) is 0.368. The van der Waals surface area contributed by atoms with Gasteiger partial charge in [-0.05, 0) is 70.2 Å². The van der Waals surface area contributed by atoms with Gasteiger partial charge in [-0.3, -0.25) is 0 Å². The van der Waals surface area contributed by atoms with E-state index in [0.717, 1.165) is 35.1 Å². The summed E-state index contributed by atoms with van der Waals surface area (Å²) in [6.45, 7) is 17.6. The number of phenolic OH excluding ortho intramolecular Hbond substituents is 1. The zero-order chi connectivity index (χ0) is 15.7. The van der Waals surface area contributed by atoms with Crippen LogP contribution in [0.15, 0.2) is 48.6 Å². The molecule has 1 rings (SSSR count). The molecule has 0 spiro atoms. The summed E-state index contributed by atoms with van der Waals surface area (Å²) in [6, 6.07) is 3.84. The zero-order valence-corrected chi connectivity index (χ0v) is 13.6. The summed E-state index contributed by atoms with van der Waals surface area (Å²) in [4.78, 5) is 0. The predicted octanol–water partition coefficient (Wildman–Crippen LogP) is 5.79. The Hall–Kier alpha value is -1.76. The lowest BCUT2D eigenvalue weighted by atomic mass is 10.1. The first-order valence-corrected chi connectivity index (χ1v) is 6.98. The summed E-state index contributed by atoms with van der Waals surface area (Å²) in [6.07, 6.45) is 6.16. The van der Waals surface area contributed by atoms with Crippen LogP contribution >= 0.6 is 0 Å². The molecule has 0 aliphatic heterocycles. The van der Waals surface area contributed by atoms with Gasteiger partial charge in [0.2, 0.25) is 0 Å². The van der Waals surface area contributed by atoms with E-state index >= 15 is 0 Å². The first kappa shape index (κ1) is 18.2. The first-order chi connectivity index (χ1) is 9.27. The average molecular weight is 272 g/mol. The fourth-order valence-corrected chi connectivity index (χ4v) is 1.67. The molecule has 0 aliphatic carbocycles. The van der Waals surface area contributed by atoms with Crippen LogP contribution in [0.4, 0.5) is 0 Å². The number of benzene rings is 1. The summed E-state index contributed by atoms with van der Waals surface area (Å²) in [7, 11) is 0. The van der Waals surface area contributed by atoms with Crippen molar-refractivity contribution in [3.8, 4) is 5.75 Å². The number of phenols is 1. The first-order valence-electron chi connectivity index (χ1n) is 6.98. The smallest absolute Gasteiger partial charge is 0.119 e. The Bertz CT molecular complexity index is 465. The molecule has 0 fully saturated rings. The zero-order valence-electron chi connectivity index (χ0n) is 13.6. The van der Waals surface area contributed by atoms with Gasteiger partial charge in [0.15, 0.2) is 0 Å². The van der Waals surface area contributed by atoms with E-state index in [2.05, 4.69) is 39.1 Å². The number of rotatable bonds is 4. The molecule has 0 amide bonds. The maximum absolute atomic E-state index is 9.28. The third-order valence-corrected chi connectivity index (χ3v) is 3.09. The molecule has 0 bridgehead atoms. The minimum Gasteiger partial charge on any atom is -0.508 e. The molecule has 0 saturated heterocycles. The van der Waals surface area contributed by atoms with Crippen LogP contribution in [0, 0.1) is 20.8 Å². The second kappa shape index (κ2) is 9.19. The quantitative estimate of drug-likeness (QED) is 0.543. The second-order valence-corrected chi connectivity index (χ2v) is 5.41. The molecular weight excluding hydrogens is 244 g/mol. The Morgan fingerprint density at radius 2 is 1.80 bits per heavy atom. The Balaban J connectivity index is 0.000000361. The molecule has 1 aromatic rings. The van der Waals surface area contributed by atoms with Crippen molar-refractivity contribution in [1.29, 1.82) is 0 Å². The van der Waals surface area contributed by atoms with Crippen molar-refractivity contribution < 1.29 is 5.11 Å². The summed E-state index contributed by atoms with van der Waals surface area (Å²) < 4.78 is 0. The molecule has 1 aromatic carbocycles. The van der Waals surface area contributed by atoms with Gasteiger partial charge in [-0.25, -0.2) is 0 Å². The molecular formula is C19H28O. The van der Waals surface area contributed by atoms with Crippen molar-refractivity contribution in [2.45, 2.75) is 47.5 Å². The van der Waals surface area contributed by atoms with Crippen LogP contribution in [0.5, 0.6) is 5.75 Å². The topological polar surface area (TPSA) is 20.2 Å². The third-order valence-electron chi connectivity index (χ3n) is 3.09. The third kappa shape index (κ3) is 7.63. The van der Waals surface area contributed by atoms with E-state index in [4.69, 9.17) is 0 Å². The standard InChI is InChI=1S/C10H16.C9H12O/c1-5-10(4)8-6-7-9(2)3;1-6-4-7(2)8(3)9(10)5-6/h5,7H,1,4,6,8H2,2-3H3;4-5,10H,1-3H3. The Kier molecular flexibility index (Phi) is 8.38. The van der Waals surface area contributed by atoms with Crippen LogP contribution in [0.3, 0.4) is 0 Å². The molecule has 0 aromatic heterocycles. The summed E-state index contributed by atoms with van der Waals surface area (Å²) in [5.41, 5.74) is 5.73. The molecule has 1 nitrogen and oxygen atoms in total. The molecule has 0 atom stereocenters. The minimum absolute atomic E-state index is 0.400. The lowest BCUT2D eigenvalue weighted by Gasteiger charge is -2.03. The summed E-state index contributed by atoms with van der Waals surface area (Å²) in [5, 5.41) is 9.28. The van der Waals surface area contributed by atoms with Crippen molar-refractivity contribution >= 4 is 0 Å². The highest BCUT2D eigenvalue weighted by molar-refractivity contribution is 5.40. The van der Waals surface area contributed by atoms with Crippen LogP contribution in [-0.2, 0) is 0 Å². The fourth-order valence-electron chi connectivity index (χ4n) is 1.67. The molecule has 110 valence electrons. The van der Waals surface area contributed by atoms with Crippen LogP contribution in [0.25, 0.3) is 0 Å².